The zero-order valence-corrected chi connectivity index (χ0v) is 18.8. The minimum atomic E-state index is -0.777. The molecule has 1 aliphatic rings. The summed E-state index contributed by atoms with van der Waals surface area (Å²) >= 11 is 0. The standard InChI is InChI=1S/C26H27FN2O5/c1-17(31)26-28-10-11-29(26)21(13-30)8-4-18-2-6-20(7-3-18)22-9-5-19(12-23(22)27)14-34-25-16-33-15-24(25)32/h2-3,5-7,9-12,17,21,24-25,30-32H,13-16H2,1H3/t17-,21-,24+,25?/m0/s1. The topological polar surface area (TPSA) is 97.0 Å². The van der Waals surface area contributed by atoms with Crippen LogP contribution in [-0.4, -0.2) is 56.9 Å². The van der Waals surface area contributed by atoms with Gasteiger partial charge in [-0.05, 0) is 36.2 Å². The van der Waals surface area contributed by atoms with E-state index < -0.39 is 24.4 Å². The summed E-state index contributed by atoms with van der Waals surface area (Å²) in [6, 6.07) is 11.5. The molecule has 3 N–H and O–H groups in total. The van der Waals surface area contributed by atoms with Gasteiger partial charge in [0, 0.05) is 23.5 Å². The Morgan fingerprint density at radius 1 is 1.24 bits per heavy atom. The Balaban J connectivity index is 1.44. The largest absolute Gasteiger partial charge is 0.393 e. The van der Waals surface area contributed by atoms with Crippen molar-refractivity contribution in [1.29, 1.82) is 0 Å². The second-order valence-electron chi connectivity index (χ2n) is 8.18. The summed E-state index contributed by atoms with van der Waals surface area (Å²) in [5, 5.41) is 29.3. The van der Waals surface area contributed by atoms with E-state index in [0.717, 1.165) is 0 Å². The first-order valence-corrected chi connectivity index (χ1v) is 11.1. The maximum absolute atomic E-state index is 14.8. The fourth-order valence-corrected chi connectivity index (χ4v) is 3.78. The first-order chi connectivity index (χ1) is 16.5. The first kappa shape index (κ1) is 24.1. The molecule has 3 aromatic rings. The molecule has 1 saturated heterocycles. The smallest absolute Gasteiger partial charge is 0.138 e. The molecule has 0 bridgehead atoms. The van der Waals surface area contributed by atoms with Crippen molar-refractivity contribution in [2.24, 2.45) is 0 Å². The van der Waals surface area contributed by atoms with Gasteiger partial charge in [-0.15, -0.1) is 0 Å². The molecule has 0 aliphatic carbocycles. The lowest BCUT2D eigenvalue weighted by Crippen LogP contribution is -2.26. The van der Waals surface area contributed by atoms with E-state index in [0.29, 0.717) is 34.7 Å². The number of aliphatic hydroxyl groups is 3. The lowest BCUT2D eigenvalue weighted by atomic mass is 10.0. The van der Waals surface area contributed by atoms with Crippen molar-refractivity contribution < 1.29 is 29.2 Å². The van der Waals surface area contributed by atoms with E-state index in [1.807, 2.05) is 0 Å². The molecule has 178 valence electrons. The molecule has 4 rings (SSSR count). The van der Waals surface area contributed by atoms with Gasteiger partial charge in [-0.3, -0.25) is 0 Å². The zero-order chi connectivity index (χ0) is 24.1. The Morgan fingerprint density at radius 3 is 2.68 bits per heavy atom. The first-order valence-electron chi connectivity index (χ1n) is 11.1. The van der Waals surface area contributed by atoms with Crippen molar-refractivity contribution in [2.75, 3.05) is 19.8 Å². The van der Waals surface area contributed by atoms with Gasteiger partial charge in [0.1, 0.15) is 36.0 Å². The number of rotatable bonds is 7. The van der Waals surface area contributed by atoms with Gasteiger partial charge in [-0.1, -0.05) is 36.1 Å². The molecule has 0 amide bonds. The molecule has 1 aromatic heterocycles. The number of halogens is 1. The predicted octanol–water partition coefficient (Wildman–Crippen LogP) is 2.60. The number of hydrogen-bond donors (Lipinski definition) is 3. The second-order valence-corrected chi connectivity index (χ2v) is 8.18. The molecule has 8 heteroatoms. The molecule has 1 unspecified atom stereocenters. The van der Waals surface area contributed by atoms with E-state index in [1.165, 1.54) is 6.07 Å². The molecule has 1 fully saturated rings. The van der Waals surface area contributed by atoms with Crippen LogP contribution in [0.2, 0.25) is 0 Å². The molecule has 1 aliphatic heterocycles. The summed E-state index contributed by atoms with van der Waals surface area (Å²) in [6.45, 7) is 2.16. The molecule has 4 atom stereocenters. The van der Waals surface area contributed by atoms with Gasteiger partial charge in [-0.25, -0.2) is 9.37 Å². The summed E-state index contributed by atoms with van der Waals surface area (Å²) in [5.41, 5.74) is 2.55. The van der Waals surface area contributed by atoms with Crippen LogP contribution in [0.1, 0.15) is 36.0 Å². The van der Waals surface area contributed by atoms with E-state index in [1.54, 1.807) is 60.3 Å². The Morgan fingerprint density at radius 2 is 2.03 bits per heavy atom. The second kappa shape index (κ2) is 10.9. The van der Waals surface area contributed by atoms with E-state index >= 15 is 0 Å². The van der Waals surface area contributed by atoms with Crippen molar-refractivity contribution in [1.82, 2.24) is 9.55 Å². The molecule has 0 spiro atoms. The number of hydrogen-bond acceptors (Lipinski definition) is 6. The summed E-state index contributed by atoms with van der Waals surface area (Å²) in [6.07, 6.45) is 1.40. The SMILES string of the molecule is C[C@H](O)c1nccn1[C@@H](C#Cc1ccc(-c2ccc(COC3COC[C@H]3O)cc2F)cc1)CO. The third-order valence-electron chi connectivity index (χ3n) is 5.66. The van der Waals surface area contributed by atoms with Crippen LogP contribution < -0.4 is 0 Å². The van der Waals surface area contributed by atoms with Crippen LogP contribution in [0.25, 0.3) is 11.1 Å². The molecular formula is C26H27FN2O5. The quantitative estimate of drug-likeness (QED) is 0.463. The van der Waals surface area contributed by atoms with Gasteiger partial charge in [0.05, 0.1) is 26.4 Å². The van der Waals surface area contributed by atoms with Crippen molar-refractivity contribution in [3.05, 3.63) is 77.6 Å². The van der Waals surface area contributed by atoms with Crippen LogP contribution in [-0.2, 0) is 16.1 Å². The van der Waals surface area contributed by atoms with Crippen LogP contribution in [0.4, 0.5) is 4.39 Å². The molecule has 2 heterocycles. The molecule has 0 radical (unpaired) electrons. The zero-order valence-electron chi connectivity index (χ0n) is 18.8. The average Bonchev–Trinajstić information content (AvgIpc) is 3.48. The summed E-state index contributed by atoms with van der Waals surface area (Å²) in [4.78, 5) is 4.11. The Kier molecular flexibility index (Phi) is 7.73. The third-order valence-corrected chi connectivity index (χ3v) is 5.66. The van der Waals surface area contributed by atoms with Crippen molar-refractivity contribution in [2.45, 2.75) is 37.9 Å². The van der Waals surface area contributed by atoms with E-state index in [2.05, 4.69) is 16.8 Å². The van der Waals surface area contributed by atoms with Crippen LogP contribution in [0, 0.1) is 17.7 Å². The summed E-state index contributed by atoms with van der Waals surface area (Å²) in [5.74, 6) is 6.08. The highest BCUT2D eigenvalue weighted by molar-refractivity contribution is 5.65. The van der Waals surface area contributed by atoms with Gasteiger partial charge in [0.25, 0.3) is 0 Å². The van der Waals surface area contributed by atoms with Crippen molar-refractivity contribution in [3.8, 4) is 23.0 Å². The lowest BCUT2D eigenvalue weighted by molar-refractivity contribution is -0.0188. The predicted molar refractivity (Wildman–Crippen MR) is 123 cm³/mol. The Labute approximate surface area is 197 Å². The Bertz CT molecular complexity index is 1170. The highest BCUT2D eigenvalue weighted by Gasteiger charge is 2.26. The molecule has 0 saturated carbocycles. The number of benzene rings is 2. The number of aliphatic hydroxyl groups excluding tert-OH is 3. The highest BCUT2D eigenvalue weighted by atomic mass is 19.1. The van der Waals surface area contributed by atoms with Gasteiger partial charge in [0.2, 0.25) is 0 Å². The van der Waals surface area contributed by atoms with Crippen molar-refractivity contribution in [3.63, 3.8) is 0 Å². The van der Waals surface area contributed by atoms with Crippen LogP contribution in [0.15, 0.2) is 54.9 Å². The van der Waals surface area contributed by atoms with Gasteiger partial charge >= 0.3 is 0 Å². The van der Waals surface area contributed by atoms with Gasteiger partial charge in [-0.2, -0.15) is 0 Å². The number of aromatic nitrogens is 2. The van der Waals surface area contributed by atoms with Crippen LogP contribution >= 0.6 is 0 Å². The number of ether oxygens (including phenoxy) is 2. The number of nitrogens with zero attached hydrogens (tertiary/aromatic N) is 2. The van der Waals surface area contributed by atoms with Gasteiger partial charge in [0.15, 0.2) is 0 Å². The monoisotopic (exact) mass is 466 g/mol. The minimum Gasteiger partial charge on any atom is -0.393 e. The number of imidazole rings is 1. The normalized spacial score (nSPS) is 19.4. The van der Waals surface area contributed by atoms with E-state index in [9.17, 15) is 19.7 Å². The maximum atomic E-state index is 14.8. The molecule has 2 aromatic carbocycles. The summed E-state index contributed by atoms with van der Waals surface area (Å²) < 4.78 is 27.2. The third kappa shape index (κ3) is 5.53. The summed E-state index contributed by atoms with van der Waals surface area (Å²) in [7, 11) is 0. The fourth-order valence-electron chi connectivity index (χ4n) is 3.78. The lowest BCUT2D eigenvalue weighted by Gasteiger charge is -2.14. The minimum absolute atomic E-state index is 0.191. The maximum Gasteiger partial charge on any atom is 0.138 e. The average molecular weight is 467 g/mol. The van der Waals surface area contributed by atoms with Crippen LogP contribution in [0.5, 0.6) is 0 Å². The van der Waals surface area contributed by atoms with E-state index in [-0.39, 0.29) is 25.6 Å². The van der Waals surface area contributed by atoms with Crippen molar-refractivity contribution >= 4 is 0 Å². The molecule has 34 heavy (non-hydrogen) atoms. The fraction of sp³-hybridized carbons (Fsp3) is 0.346. The van der Waals surface area contributed by atoms with Crippen LogP contribution in [0.3, 0.4) is 0 Å². The molecule has 7 nitrogen and oxygen atoms in total. The van der Waals surface area contributed by atoms with E-state index in [4.69, 9.17) is 9.47 Å². The van der Waals surface area contributed by atoms with Gasteiger partial charge < -0.3 is 29.4 Å². The Hall–Kier alpha value is -3.06. The molecular weight excluding hydrogens is 439 g/mol. The highest BCUT2D eigenvalue weighted by Crippen LogP contribution is 2.25.